The average Bonchev–Trinajstić information content (AvgIpc) is 2.46. The highest BCUT2D eigenvalue weighted by molar-refractivity contribution is 6.44. The highest BCUT2D eigenvalue weighted by Crippen LogP contribution is 2.12. The lowest BCUT2D eigenvalue weighted by molar-refractivity contribution is 0.100. The molecular formula is C14H10Cl2N2O. The van der Waals surface area contributed by atoms with Crippen LogP contribution in [-0.2, 0) is 0 Å². The van der Waals surface area contributed by atoms with Crippen molar-refractivity contribution in [1.82, 2.24) is 3.94 Å². The van der Waals surface area contributed by atoms with Crippen molar-refractivity contribution < 1.29 is 4.79 Å². The fourth-order valence-electron chi connectivity index (χ4n) is 1.53. The third-order valence-corrected chi connectivity index (χ3v) is 2.74. The van der Waals surface area contributed by atoms with Crippen LogP contribution in [0, 0.1) is 0 Å². The summed E-state index contributed by atoms with van der Waals surface area (Å²) < 4.78 is 0.788. The fourth-order valence-corrected chi connectivity index (χ4v) is 1.80. The van der Waals surface area contributed by atoms with E-state index < -0.39 is 5.91 Å². The Morgan fingerprint density at radius 1 is 0.842 bits per heavy atom. The maximum absolute atomic E-state index is 12.0. The standard InChI is InChI=1S/C14H10Cl2N2O/c15-18(16)13(11-7-3-1-4-8-11)17-14(19)12-9-5-2-6-10-12/h1-10H. The Morgan fingerprint density at radius 2 is 1.32 bits per heavy atom. The number of hydrogen-bond donors (Lipinski definition) is 0. The number of aliphatic imine (C=N–C) groups is 1. The molecule has 3 nitrogen and oxygen atoms in total. The zero-order valence-corrected chi connectivity index (χ0v) is 11.3. The summed E-state index contributed by atoms with van der Waals surface area (Å²) in [7, 11) is 0. The molecule has 5 heteroatoms. The van der Waals surface area contributed by atoms with Crippen molar-refractivity contribution in [3.05, 3.63) is 71.8 Å². The summed E-state index contributed by atoms with van der Waals surface area (Å²) in [6.07, 6.45) is 0. The Hall–Kier alpha value is -1.84. The van der Waals surface area contributed by atoms with E-state index in [0.717, 1.165) is 3.94 Å². The van der Waals surface area contributed by atoms with Gasteiger partial charge in [0.25, 0.3) is 5.91 Å². The molecule has 0 aliphatic heterocycles. The van der Waals surface area contributed by atoms with Crippen molar-refractivity contribution in [2.45, 2.75) is 0 Å². The molecule has 0 aliphatic carbocycles. The van der Waals surface area contributed by atoms with E-state index in [2.05, 4.69) is 4.99 Å². The number of halogens is 2. The first kappa shape index (κ1) is 13.6. The van der Waals surface area contributed by atoms with Gasteiger partial charge in [-0.1, -0.05) is 48.5 Å². The maximum Gasteiger partial charge on any atom is 0.279 e. The van der Waals surface area contributed by atoms with Gasteiger partial charge in [-0.15, -0.1) is 0 Å². The van der Waals surface area contributed by atoms with E-state index in [4.69, 9.17) is 23.6 Å². The van der Waals surface area contributed by atoms with Crippen molar-refractivity contribution in [3.63, 3.8) is 0 Å². The summed E-state index contributed by atoms with van der Waals surface area (Å²) in [6.45, 7) is 0. The third-order valence-electron chi connectivity index (χ3n) is 2.42. The molecule has 0 radical (unpaired) electrons. The lowest BCUT2D eigenvalue weighted by Crippen LogP contribution is -2.15. The van der Waals surface area contributed by atoms with E-state index in [0.29, 0.717) is 11.1 Å². The van der Waals surface area contributed by atoms with E-state index in [1.54, 1.807) is 36.4 Å². The van der Waals surface area contributed by atoms with Gasteiger partial charge in [-0.3, -0.25) is 4.79 Å². The molecule has 0 fully saturated rings. The lowest BCUT2D eigenvalue weighted by Gasteiger charge is -2.09. The van der Waals surface area contributed by atoms with Crippen molar-refractivity contribution in [3.8, 4) is 0 Å². The van der Waals surface area contributed by atoms with Crippen LogP contribution in [0.1, 0.15) is 15.9 Å². The van der Waals surface area contributed by atoms with E-state index in [9.17, 15) is 4.79 Å². The molecule has 96 valence electrons. The predicted molar refractivity (Wildman–Crippen MR) is 77.3 cm³/mol. The highest BCUT2D eigenvalue weighted by Gasteiger charge is 2.12. The first-order valence-corrected chi connectivity index (χ1v) is 6.21. The minimum absolute atomic E-state index is 0.192. The van der Waals surface area contributed by atoms with Crippen LogP contribution < -0.4 is 0 Å². The summed E-state index contributed by atoms with van der Waals surface area (Å²) in [5.74, 6) is -0.205. The van der Waals surface area contributed by atoms with Crippen molar-refractivity contribution in [2.75, 3.05) is 0 Å². The van der Waals surface area contributed by atoms with Crippen LogP contribution in [0.2, 0.25) is 0 Å². The normalized spacial score (nSPS) is 11.2. The predicted octanol–water partition coefficient (Wildman–Crippen LogP) is 3.88. The number of benzene rings is 2. The van der Waals surface area contributed by atoms with Crippen molar-refractivity contribution >= 4 is 35.3 Å². The van der Waals surface area contributed by atoms with Crippen LogP contribution in [0.4, 0.5) is 0 Å². The van der Waals surface area contributed by atoms with E-state index in [1.807, 2.05) is 24.3 Å². The second-order valence-electron chi connectivity index (χ2n) is 3.71. The van der Waals surface area contributed by atoms with Gasteiger partial charge in [0.15, 0.2) is 5.84 Å². The smallest absolute Gasteiger partial charge is 0.267 e. The fraction of sp³-hybridized carbons (Fsp3) is 0. The quantitative estimate of drug-likeness (QED) is 0.478. The summed E-state index contributed by atoms with van der Waals surface area (Å²) in [6, 6.07) is 17.8. The third kappa shape index (κ3) is 3.56. The van der Waals surface area contributed by atoms with Gasteiger partial charge in [0, 0.05) is 34.7 Å². The number of carbonyl (C=O) groups is 1. The second-order valence-corrected chi connectivity index (χ2v) is 4.55. The number of hydrogen-bond acceptors (Lipinski definition) is 1. The van der Waals surface area contributed by atoms with Gasteiger partial charge in [0.1, 0.15) is 0 Å². The molecule has 0 N–H and O–H groups in total. The highest BCUT2D eigenvalue weighted by atomic mass is 35.5. The Balaban J connectivity index is 2.35. The summed E-state index contributed by atoms with van der Waals surface area (Å²) in [5, 5.41) is 0. The van der Waals surface area contributed by atoms with Gasteiger partial charge in [-0.05, 0) is 12.1 Å². The number of amidine groups is 1. The van der Waals surface area contributed by atoms with Gasteiger partial charge in [0.2, 0.25) is 0 Å². The molecule has 2 rings (SSSR count). The molecule has 2 aromatic rings. The Bertz CT molecular complexity index is 583. The zero-order valence-electron chi connectivity index (χ0n) is 9.83. The molecule has 0 saturated carbocycles. The number of amides is 1. The van der Waals surface area contributed by atoms with Crippen LogP contribution in [0.5, 0.6) is 0 Å². The Morgan fingerprint density at radius 3 is 1.79 bits per heavy atom. The van der Waals surface area contributed by atoms with Gasteiger partial charge in [0.05, 0.1) is 0 Å². The first-order chi connectivity index (χ1) is 9.18. The Kier molecular flexibility index (Phi) is 4.55. The number of carbonyl (C=O) groups excluding carboxylic acids is 1. The molecule has 1 amide bonds. The van der Waals surface area contributed by atoms with E-state index in [1.165, 1.54) is 0 Å². The van der Waals surface area contributed by atoms with Gasteiger partial charge < -0.3 is 0 Å². The number of nitrogens with zero attached hydrogens (tertiary/aromatic N) is 2. The minimum Gasteiger partial charge on any atom is -0.267 e. The van der Waals surface area contributed by atoms with Crippen LogP contribution >= 0.6 is 23.6 Å². The first-order valence-electron chi connectivity index (χ1n) is 5.53. The maximum atomic E-state index is 12.0. The summed E-state index contributed by atoms with van der Waals surface area (Å²) in [5.41, 5.74) is 1.14. The molecule has 0 unspecified atom stereocenters. The van der Waals surface area contributed by atoms with Crippen LogP contribution in [0.15, 0.2) is 65.7 Å². The minimum atomic E-state index is -0.397. The SMILES string of the molecule is O=C(N=C(c1ccccc1)N(Cl)Cl)c1ccccc1. The Labute approximate surface area is 121 Å². The van der Waals surface area contributed by atoms with Crippen molar-refractivity contribution in [1.29, 1.82) is 0 Å². The molecule has 0 aromatic heterocycles. The average molecular weight is 293 g/mol. The van der Waals surface area contributed by atoms with Crippen molar-refractivity contribution in [2.24, 2.45) is 4.99 Å². The lowest BCUT2D eigenvalue weighted by atomic mass is 10.2. The van der Waals surface area contributed by atoms with Gasteiger partial charge in [-0.2, -0.15) is 8.93 Å². The van der Waals surface area contributed by atoms with E-state index in [-0.39, 0.29) is 5.84 Å². The molecule has 0 heterocycles. The molecule has 19 heavy (non-hydrogen) atoms. The molecule has 2 aromatic carbocycles. The number of rotatable bonds is 2. The van der Waals surface area contributed by atoms with Gasteiger partial charge in [-0.25, -0.2) is 0 Å². The molecule has 0 bridgehead atoms. The van der Waals surface area contributed by atoms with Crippen LogP contribution in [-0.4, -0.2) is 15.7 Å². The monoisotopic (exact) mass is 292 g/mol. The van der Waals surface area contributed by atoms with E-state index >= 15 is 0 Å². The zero-order chi connectivity index (χ0) is 13.7. The van der Waals surface area contributed by atoms with Crippen LogP contribution in [0.25, 0.3) is 0 Å². The molecular weight excluding hydrogens is 283 g/mol. The molecule has 0 aliphatic rings. The second kappa shape index (κ2) is 6.36. The molecule has 0 spiro atoms. The van der Waals surface area contributed by atoms with Crippen LogP contribution in [0.3, 0.4) is 0 Å². The van der Waals surface area contributed by atoms with Gasteiger partial charge >= 0.3 is 0 Å². The molecule has 0 atom stereocenters. The molecule has 0 saturated heterocycles. The summed E-state index contributed by atoms with van der Waals surface area (Å²) in [4.78, 5) is 16.0. The topological polar surface area (TPSA) is 32.7 Å². The summed E-state index contributed by atoms with van der Waals surface area (Å²) >= 11 is 11.5. The largest absolute Gasteiger partial charge is 0.279 e.